The molecule has 0 fully saturated rings. The van der Waals surface area contributed by atoms with Gasteiger partial charge in [0.25, 0.3) is 10.0 Å². The Morgan fingerprint density at radius 1 is 1.35 bits per heavy atom. The Balaban J connectivity index is 2.17. The molecule has 2 N–H and O–H groups in total. The Morgan fingerprint density at radius 3 is 2.74 bits per heavy atom. The summed E-state index contributed by atoms with van der Waals surface area (Å²) in [5, 5.41) is 20.6. The molecule has 3 aromatic rings. The molecular formula is C20H19N5O5S. The second-order valence-corrected chi connectivity index (χ2v) is 8.41. The van der Waals surface area contributed by atoms with Gasteiger partial charge in [0.2, 0.25) is 5.88 Å². The van der Waals surface area contributed by atoms with Crippen molar-refractivity contribution in [1.29, 1.82) is 5.26 Å². The van der Waals surface area contributed by atoms with E-state index >= 15 is 0 Å². The van der Waals surface area contributed by atoms with Crippen LogP contribution >= 0.6 is 0 Å². The highest BCUT2D eigenvalue weighted by atomic mass is 32.2. The number of nitrogens with one attached hydrogen (secondary N) is 1. The van der Waals surface area contributed by atoms with Crippen molar-refractivity contribution in [3.8, 4) is 23.2 Å². The van der Waals surface area contributed by atoms with Gasteiger partial charge in [0, 0.05) is 36.5 Å². The van der Waals surface area contributed by atoms with Crippen molar-refractivity contribution in [3.05, 3.63) is 60.2 Å². The maximum atomic E-state index is 13.4. The van der Waals surface area contributed by atoms with Crippen molar-refractivity contribution >= 4 is 16.1 Å². The molecule has 160 valence electrons. The van der Waals surface area contributed by atoms with Gasteiger partial charge in [-0.05, 0) is 29.8 Å². The Morgan fingerprint density at radius 2 is 2.13 bits per heavy atom. The molecule has 0 saturated heterocycles. The number of methoxy groups -OCH3 is 1. The molecule has 3 rings (SSSR count). The van der Waals surface area contributed by atoms with E-state index in [1.807, 2.05) is 6.07 Å². The molecule has 0 radical (unpaired) electrons. The SMILES string of the molecule is COc1ccc(S(=O)(=O)n2cc(C(C)CNC(=O)O)cc2-c2cccnc2C#N)cn1. The zero-order valence-electron chi connectivity index (χ0n) is 16.7. The Hall–Kier alpha value is -3.91. The Labute approximate surface area is 178 Å². The first kappa shape index (κ1) is 21.8. The van der Waals surface area contributed by atoms with Gasteiger partial charge in [-0.3, -0.25) is 0 Å². The zero-order valence-corrected chi connectivity index (χ0v) is 17.5. The third-order valence-corrected chi connectivity index (χ3v) is 6.26. The van der Waals surface area contributed by atoms with Crippen LogP contribution in [0.5, 0.6) is 5.88 Å². The van der Waals surface area contributed by atoms with Crippen molar-refractivity contribution in [2.24, 2.45) is 0 Å². The number of amides is 1. The fraction of sp³-hybridized carbons (Fsp3) is 0.200. The molecule has 0 aliphatic carbocycles. The predicted molar refractivity (Wildman–Crippen MR) is 110 cm³/mol. The van der Waals surface area contributed by atoms with E-state index in [0.717, 1.165) is 3.97 Å². The average molecular weight is 441 g/mol. The summed E-state index contributed by atoms with van der Waals surface area (Å²) in [6.45, 7) is 1.84. The smallest absolute Gasteiger partial charge is 0.404 e. The number of nitrogens with zero attached hydrogens (tertiary/aromatic N) is 4. The summed E-state index contributed by atoms with van der Waals surface area (Å²) < 4.78 is 32.8. The molecular weight excluding hydrogens is 422 g/mol. The number of pyridine rings is 2. The fourth-order valence-corrected chi connectivity index (χ4v) is 4.27. The minimum absolute atomic E-state index is 0.0627. The lowest BCUT2D eigenvalue weighted by atomic mass is 10.0. The van der Waals surface area contributed by atoms with Crippen molar-refractivity contribution in [2.75, 3.05) is 13.7 Å². The second kappa shape index (κ2) is 8.85. The van der Waals surface area contributed by atoms with Gasteiger partial charge in [0.1, 0.15) is 16.7 Å². The molecule has 3 aromatic heterocycles. The molecule has 0 aliphatic heterocycles. The largest absolute Gasteiger partial charge is 0.481 e. The highest BCUT2D eigenvalue weighted by molar-refractivity contribution is 7.90. The number of carboxylic acid groups (broad SMARTS) is 1. The summed E-state index contributed by atoms with van der Waals surface area (Å²) in [6, 6.07) is 9.58. The summed E-state index contributed by atoms with van der Waals surface area (Å²) >= 11 is 0. The van der Waals surface area contributed by atoms with E-state index in [-0.39, 0.29) is 34.6 Å². The molecule has 0 spiro atoms. The summed E-state index contributed by atoms with van der Waals surface area (Å²) in [5.41, 5.74) is 1.20. The molecule has 0 bridgehead atoms. The van der Waals surface area contributed by atoms with E-state index in [2.05, 4.69) is 15.3 Å². The molecule has 3 heterocycles. The number of carbonyl (C=O) groups is 1. The van der Waals surface area contributed by atoms with Crippen LogP contribution in [-0.2, 0) is 10.0 Å². The maximum absolute atomic E-state index is 13.4. The van der Waals surface area contributed by atoms with Crippen molar-refractivity contribution in [1.82, 2.24) is 19.3 Å². The van der Waals surface area contributed by atoms with Crippen LogP contribution in [0.3, 0.4) is 0 Å². The molecule has 11 heteroatoms. The van der Waals surface area contributed by atoms with Crippen molar-refractivity contribution in [2.45, 2.75) is 17.7 Å². The fourth-order valence-electron chi connectivity index (χ4n) is 2.94. The van der Waals surface area contributed by atoms with Crippen molar-refractivity contribution < 1.29 is 23.1 Å². The first-order valence-corrected chi connectivity index (χ1v) is 10.5. The Kier molecular flexibility index (Phi) is 6.22. The Bertz CT molecular complexity index is 1250. The van der Waals surface area contributed by atoms with Gasteiger partial charge in [0.05, 0.1) is 19.0 Å². The normalized spacial score (nSPS) is 12.0. The quantitative estimate of drug-likeness (QED) is 0.568. The van der Waals surface area contributed by atoms with Crippen LogP contribution in [0.2, 0.25) is 0 Å². The van der Waals surface area contributed by atoms with E-state index in [1.165, 1.54) is 37.8 Å². The third kappa shape index (κ3) is 4.49. The van der Waals surface area contributed by atoms with E-state index in [0.29, 0.717) is 11.1 Å². The molecule has 0 aliphatic rings. The summed E-state index contributed by atoms with van der Waals surface area (Å²) in [6.07, 6.45) is 2.86. The lowest BCUT2D eigenvalue weighted by Gasteiger charge is -2.11. The predicted octanol–water partition coefficient (Wildman–Crippen LogP) is 2.43. The lowest BCUT2D eigenvalue weighted by molar-refractivity contribution is 0.194. The van der Waals surface area contributed by atoms with E-state index in [1.54, 1.807) is 25.1 Å². The van der Waals surface area contributed by atoms with Gasteiger partial charge >= 0.3 is 6.09 Å². The van der Waals surface area contributed by atoms with Crippen LogP contribution in [0.25, 0.3) is 11.3 Å². The maximum Gasteiger partial charge on any atom is 0.404 e. The third-order valence-electron chi connectivity index (χ3n) is 4.60. The monoisotopic (exact) mass is 441 g/mol. The first-order valence-electron chi connectivity index (χ1n) is 9.08. The van der Waals surface area contributed by atoms with Crippen LogP contribution in [0, 0.1) is 11.3 Å². The van der Waals surface area contributed by atoms with Gasteiger partial charge in [0.15, 0.2) is 0 Å². The number of hydrogen-bond donors (Lipinski definition) is 2. The molecule has 0 saturated carbocycles. The van der Waals surface area contributed by atoms with Gasteiger partial charge < -0.3 is 15.2 Å². The highest BCUT2D eigenvalue weighted by Crippen LogP contribution is 2.31. The van der Waals surface area contributed by atoms with Gasteiger partial charge in [-0.25, -0.2) is 27.2 Å². The minimum Gasteiger partial charge on any atom is -0.481 e. The van der Waals surface area contributed by atoms with Crippen LogP contribution in [0.4, 0.5) is 4.79 Å². The van der Waals surface area contributed by atoms with Crippen LogP contribution in [-0.4, -0.2) is 47.2 Å². The van der Waals surface area contributed by atoms with E-state index in [9.17, 15) is 18.5 Å². The van der Waals surface area contributed by atoms with E-state index < -0.39 is 16.1 Å². The summed E-state index contributed by atoms with van der Waals surface area (Å²) in [5.74, 6) is -0.0674. The molecule has 1 atom stereocenters. The number of nitriles is 1. The molecule has 10 nitrogen and oxygen atoms in total. The number of rotatable bonds is 7. The standard InChI is InChI=1S/C20H19N5O5S/c1-13(10-24-20(26)27)14-8-18(16-4-3-7-22-17(16)9-21)25(12-14)31(28,29)15-5-6-19(30-2)23-11-15/h3-8,11-13,24H,10H2,1-2H3,(H,26,27). The summed E-state index contributed by atoms with van der Waals surface area (Å²) in [7, 11) is -2.67. The van der Waals surface area contributed by atoms with Gasteiger partial charge in [-0.1, -0.05) is 6.92 Å². The van der Waals surface area contributed by atoms with Crippen LogP contribution in [0.15, 0.2) is 53.8 Å². The highest BCUT2D eigenvalue weighted by Gasteiger charge is 2.25. The average Bonchev–Trinajstić information content (AvgIpc) is 3.23. The number of aromatic nitrogens is 3. The van der Waals surface area contributed by atoms with Gasteiger partial charge in [-0.2, -0.15) is 5.26 Å². The zero-order chi connectivity index (χ0) is 22.6. The summed E-state index contributed by atoms with van der Waals surface area (Å²) in [4.78, 5) is 18.7. The van der Waals surface area contributed by atoms with Crippen LogP contribution in [0.1, 0.15) is 24.1 Å². The topological polar surface area (TPSA) is 147 Å². The number of hydrogen-bond acceptors (Lipinski definition) is 7. The molecule has 1 amide bonds. The lowest BCUT2D eigenvalue weighted by Crippen LogP contribution is -2.25. The van der Waals surface area contributed by atoms with Crippen molar-refractivity contribution in [3.63, 3.8) is 0 Å². The molecule has 0 aromatic carbocycles. The molecule has 1 unspecified atom stereocenters. The minimum atomic E-state index is -4.09. The first-order chi connectivity index (χ1) is 14.8. The van der Waals surface area contributed by atoms with Gasteiger partial charge in [-0.15, -0.1) is 0 Å². The molecule has 31 heavy (non-hydrogen) atoms. The van der Waals surface area contributed by atoms with E-state index in [4.69, 9.17) is 9.84 Å². The number of ether oxygens (including phenoxy) is 1. The second-order valence-electron chi connectivity index (χ2n) is 6.59. The van der Waals surface area contributed by atoms with Crippen LogP contribution < -0.4 is 10.1 Å².